The van der Waals surface area contributed by atoms with Gasteiger partial charge in [-0.05, 0) is 73.7 Å². The van der Waals surface area contributed by atoms with Crippen molar-refractivity contribution in [3.63, 3.8) is 0 Å². The molecule has 118 valence electrons. The fourth-order valence-corrected chi connectivity index (χ4v) is 4.97. The Morgan fingerprint density at radius 1 is 1.41 bits per heavy atom. The van der Waals surface area contributed by atoms with Crippen molar-refractivity contribution >= 4 is 44.0 Å². The number of hydrogen-bond acceptors (Lipinski definition) is 3. The van der Waals surface area contributed by atoms with Crippen LogP contribution in [0.3, 0.4) is 0 Å². The summed E-state index contributed by atoms with van der Waals surface area (Å²) in [6.45, 7) is 2.22. The smallest absolute Gasteiger partial charge is 0.244 e. The van der Waals surface area contributed by atoms with Gasteiger partial charge in [0.05, 0.1) is 15.2 Å². The number of carbonyl (C=O) groups is 1. The molecule has 6 heteroatoms. The van der Waals surface area contributed by atoms with Crippen LogP contribution in [-0.2, 0) is 4.79 Å². The SMILES string of the molecule is CC12CCCCC1C2C(=O)N/N=C/c1cc(Br)c(O)c(Br)c1. The average molecular weight is 430 g/mol. The zero-order chi connectivity index (χ0) is 15.9. The second kappa shape index (κ2) is 5.96. The van der Waals surface area contributed by atoms with Gasteiger partial charge in [0, 0.05) is 5.92 Å². The van der Waals surface area contributed by atoms with Gasteiger partial charge in [-0.3, -0.25) is 4.79 Å². The Hall–Kier alpha value is -0.880. The third-order valence-corrected chi connectivity index (χ3v) is 6.25. The number of hydrogen-bond donors (Lipinski definition) is 2. The lowest BCUT2D eigenvalue weighted by atomic mass is 9.90. The molecule has 2 aliphatic carbocycles. The van der Waals surface area contributed by atoms with Gasteiger partial charge in [0.15, 0.2) is 0 Å². The molecule has 22 heavy (non-hydrogen) atoms. The van der Waals surface area contributed by atoms with Crippen LogP contribution in [0.25, 0.3) is 0 Å². The Labute approximate surface area is 146 Å². The zero-order valence-corrected chi connectivity index (χ0v) is 15.4. The second-order valence-corrected chi connectivity index (χ2v) is 8.11. The molecule has 0 bridgehead atoms. The van der Waals surface area contributed by atoms with E-state index in [0.29, 0.717) is 14.9 Å². The lowest BCUT2D eigenvalue weighted by molar-refractivity contribution is -0.123. The van der Waals surface area contributed by atoms with E-state index in [2.05, 4.69) is 49.3 Å². The summed E-state index contributed by atoms with van der Waals surface area (Å²) in [5, 5.41) is 13.7. The van der Waals surface area contributed by atoms with Gasteiger partial charge in [-0.15, -0.1) is 0 Å². The number of amides is 1. The summed E-state index contributed by atoms with van der Waals surface area (Å²) >= 11 is 6.54. The Kier molecular flexibility index (Phi) is 4.34. The molecular formula is C16H18Br2N2O2. The van der Waals surface area contributed by atoms with Gasteiger partial charge in [0.1, 0.15) is 5.75 Å². The summed E-state index contributed by atoms with van der Waals surface area (Å²) in [7, 11) is 0. The van der Waals surface area contributed by atoms with E-state index in [1.807, 2.05) is 0 Å². The average Bonchev–Trinajstić information content (AvgIpc) is 3.10. The van der Waals surface area contributed by atoms with E-state index in [0.717, 1.165) is 18.4 Å². The minimum absolute atomic E-state index is 0.0301. The third kappa shape index (κ3) is 2.83. The maximum Gasteiger partial charge on any atom is 0.244 e. The predicted molar refractivity (Wildman–Crippen MR) is 92.8 cm³/mol. The molecular weight excluding hydrogens is 412 g/mol. The summed E-state index contributed by atoms with van der Waals surface area (Å²) in [5.41, 5.74) is 3.65. The summed E-state index contributed by atoms with van der Waals surface area (Å²) in [6, 6.07) is 3.49. The summed E-state index contributed by atoms with van der Waals surface area (Å²) in [6.07, 6.45) is 6.37. The first-order chi connectivity index (χ1) is 10.4. The van der Waals surface area contributed by atoms with Crippen molar-refractivity contribution in [2.75, 3.05) is 0 Å². The summed E-state index contributed by atoms with van der Waals surface area (Å²) in [5.74, 6) is 0.831. The van der Waals surface area contributed by atoms with Gasteiger partial charge in [0.2, 0.25) is 5.91 Å². The molecule has 1 aromatic rings. The molecule has 1 aromatic carbocycles. The van der Waals surface area contributed by atoms with Crippen LogP contribution in [0.1, 0.15) is 38.2 Å². The number of halogens is 2. The molecule has 2 saturated carbocycles. The highest BCUT2D eigenvalue weighted by Gasteiger charge is 2.64. The Balaban J connectivity index is 1.62. The zero-order valence-electron chi connectivity index (χ0n) is 12.3. The summed E-state index contributed by atoms with van der Waals surface area (Å²) in [4.78, 5) is 12.3. The maximum atomic E-state index is 12.3. The van der Waals surface area contributed by atoms with Gasteiger partial charge in [-0.1, -0.05) is 19.8 Å². The summed E-state index contributed by atoms with van der Waals surface area (Å²) < 4.78 is 1.16. The van der Waals surface area contributed by atoms with Crippen LogP contribution >= 0.6 is 31.9 Å². The molecule has 0 saturated heterocycles. The number of aromatic hydroxyl groups is 1. The van der Waals surface area contributed by atoms with E-state index in [9.17, 15) is 9.90 Å². The molecule has 4 nitrogen and oxygen atoms in total. The number of hydrazone groups is 1. The lowest BCUT2D eigenvalue weighted by Crippen LogP contribution is -2.22. The van der Waals surface area contributed by atoms with Crippen molar-refractivity contribution in [2.45, 2.75) is 32.6 Å². The van der Waals surface area contributed by atoms with Crippen LogP contribution in [0.2, 0.25) is 0 Å². The van der Waals surface area contributed by atoms with Crippen molar-refractivity contribution in [2.24, 2.45) is 22.4 Å². The highest BCUT2D eigenvalue weighted by molar-refractivity contribution is 9.11. The molecule has 0 heterocycles. The molecule has 2 N–H and O–H groups in total. The van der Waals surface area contributed by atoms with E-state index in [1.165, 1.54) is 12.8 Å². The number of nitrogens with zero attached hydrogens (tertiary/aromatic N) is 1. The molecule has 0 aromatic heterocycles. The fourth-order valence-electron chi connectivity index (χ4n) is 3.75. The third-order valence-electron chi connectivity index (χ3n) is 5.04. The second-order valence-electron chi connectivity index (χ2n) is 6.40. The molecule has 3 rings (SSSR count). The largest absolute Gasteiger partial charge is 0.506 e. The number of rotatable bonds is 3. The number of carbonyl (C=O) groups excluding carboxylic acids is 1. The molecule has 0 spiro atoms. The number of phenolic OH excluding ortho intramolecular Hbond substituents is 1. The standard InChI is InChI=1S/C16H18Br2N2O2/c1-16-5-3-2-4-10(16)13(16)15(22)20-19-8-9-6-11(17)14(21)12(18)7-9/h6-8,10,13,21H,2-5H2,1H3,(H,20,22)/b19-8+. The first-order valence-electron chi connectivity index (χ1n) is 7.44. The fraction of sp³-hybridized carbons (Fsp3) is 0.500. The topological polar surface area (TPSA) is 61.7 Å². The Morgan fingerprint density at radius 2 is 2.09 bits per heavy atom. The Bertz CT molecular complexity index is 624. The maximum absolute atomic E-state index is 12.3. The monoisotopic (exact) mass is 428 g/mol. The van der Waals surface area contributed by atoms with Crippen LogP contribution in [0.5, 0.6) is 5.75 Å². The molecule has 2 fully saturated rings. The minimum atomic E-state index is 0.0301. The highest BCUT2D eigenvalue weighted by Crippen LogP contribution is 2.66. The molecule has 0 aliphatic heterocycles. The van der Waals surface area contributed by atoms with E-state index in [4.69, 9.17) is 0 Å². The van der Waals surface area contributed by atoms with E-state index < -0.39 is 0 Å². The molecule has 1 amide bonds. The number of phenols is 1. The Morgan fingerprint density at radius 3 is 2.68 bits per heavy atom. The number of benzene rings is 1. The van der Waals surface area contributed by atoms with Gasteiger partial charge >= 0.3 is 0 Å². The van der Waals surface area contributed by atoms with E-state index in [-0.39, 0.29) is 23.0 Å². The minimum Gasteiger partial charge on any atom is -0.506 e. The lowest BCUT2D eigenvalue weighted by Gasteiger charge is -2.15. The van der Waals surface area contributed by atoms with Crippen LogP contribution in [0.15, 0.2) is 26.2 Å². The van der Waals surface area contributed by atoms with E-state index >= 15 is 0 Å². The van der Waals surface area contributed by atoms with Gasteiger partial charge in [-0.25, -0.2) is 5.43 Å². The van der Waals surface area contributed by atoms with Crippen LogP contribution in [0.4, 0.5) is 0 Å². The van der Waals surface area contributed by atoms with Gasteiger partial charge < -0.3 is 5.11 Å². The van der Waals surface area contributed by atoms with Crippen LogP contribution in [-0.4, -0.2) is 17.2 Å². The molecule has 3 atom stereocenters. The van der Waals surface area contributed by atoms with Crippen molar-refractivity contribution in [1.82, 2.24) is 5.43 Å². The van der Waals surface area contributed by atoms with Gasteiger partial charge in [-0.2, -0.15) is 5.10 Å². The first-order valence-corrected chi connectivity index (χ1v) is 9.03. The molecule has 2 aliphatic rings. The van der Waals surface area contributed by atoms with Crippen LogP contribution in [0, 0.1) is 17.3 Å². The van der Waals surface area contributed by atoms with E-state index in [1.54, 1.807) is 18.3 Å². The van der Waals surface area contributed by atoms with Crippen molar-refractivity contribution in [1.29, 1.82) is 0 Å². The molecule has 3 unspecified atom stereocenters. The van der Waals surface area contributed by atoms with Crippen molar-refractivity contribution in [3.8, 4) is 5.75 Å². The molecule has 0 radical (unpaired) electrons. The van der Waals surface area contributed by atoms with Gasteiger partial charge in [0.25, 0.3) is 0 Å². The highest BCUT2D eigenvalue weighted by atomic mass is 79.9. The van der Waals surface area contributed by atoms with Crippen molar-refractivity contribution < 1.29 is 9.90 Å². The number of nitrogens with one attached hydrogen (secondary N) is 1. The predicted octanol–water partition coefficient (Wildman–Crippen LogP) is 4.19. The van der Waals surface area contributed by atoms with Crippen molar-refractivity contribution in [3.05, 3.63) is 26.6 Å². The number of fused-ring (bicyclic) bond motifs is 1. The van der Waals surface area contributed by atoms with Crippen LogP contribution < -0.4 is 5.43 Å². The normalized spacial score (nSPS) is 30.1. The quantitative estimate of drug-likeness (QED) is 0.558. The first kappa shape index (κ1) is 16.0.